The van der Waals surface area contributed by atoms with Crippen molar-refractivity contribution in [2.75, 3.05) is 18.4 Å². The number of likely N-dealkylation sites (tertiary alicyclic amines) is 1. The summed E-state index contributed by atoms with van der Waals surface area (Å²) in [6.45, 7) is 7.73. The SMILES string of the molecule is CC1CC(C)CN(Cc2csc(NC(=O)c3ccncc3)n2)C1. The minimum Gasteiger partial charge on any atom is -0.298 e. The summed E-state index contributed by atoms with van der Waals surface area (Å²) in [6.07, 6.45) is 4.53. The van der Waals surface area contributed by atoms with Gasteiger partial charge in [-0.1, -0.05) is 13.8 Å². The van der Waals surface area contributed by atoms with Crippen molar-refractivity contribution < 1.29 is 4.79 Å². The summed E-state index contributed by atoms with van der Waals surface area (Å²) in [7, 11) is 0. The van der Waals surface area contributed by atoms with E-state index in [0.29, 0.717) is 10.7 Å². The van der Waals surface area contributed by atoms with E-state index < -0.39 is 0 Å². The van der Waals surface area contributed by atoms with Crippen LogP contribution in [0, 0.1) is 11.8 Å². The number of nitrogens with one attached hydrogen (secondary N) is 1. The molecule has 1 N–H and O–H groups in total. The summed E-state index contributed by atoms with van der Waals surface area (Å²) in [5.41, 5.74) is 1.62. The van der Waals surface area contributed by atoms with Gasteiger partial charge in [0, 0.05) is 43.0 Å². The predicted octanol–water partition coefficient (Wildman–Crippen LogP) is 3.27. The fraction of sp³-hybridized carbons (Fsp3) is 0.471. The first-order valence-corrected chi connectivity index (χ1v) is 8.86. The van der Waals surface area contributed by atoms with Crippen LogP contribution < -0.4 is 5.32 Å². The lowest BCUT2D eigenvalue weighted by atomic mass is 9.92. The summed E-state index contributed by atoms with van der Waals surface area (Å²) < 4.78 is 0. The van der Waals surface area contributed by atoms with Gasteiger partial charge in [-0.25, -0.2) is 4.98 Å². The Hall–Kier alpha value is -1.79. The minimum atomic E-state index is -0.145. The van der Waals surface area contributed by atoms with E-state index in [0.717, 1.165) is 37.2 Å². The third kappa shape index (κ3) is 4.36. The molecule has 0 bridgehead atoms. The number of amides is 1. The molecule has 1 amide bonds. The number of hydrogen-bond acceptors (Lipinski definition) is 5. The molecule has 1 saturated heterocycles. The molecule has 3 heterocycles. The average Bonchev–Trinajstić information content (AvgIpc) is 2.94. The molecule has 23 heavy (non-hydrogen) atoms. The van der Waals surface area contributed by atoms with Crippen LogP contribution in [-0.2, 0) is 6.54 Å². The summed E-state index contributed by atoms with van der Waals surface area (Å²) in [5, 5.41) is 5.54. The van der Waals surface area contributed by atoms with E-state index in [2.05, 4.69) is 34.0 Å². The summed E-state index contributed by atoms with van der Waals surface area (Å²) in [4.78, 5) is 23.0. The third-order valence-electron chi connectivity index (χ3n) is 4.04. The van der Waals surface area contributed by atoms with Crippen LogP contribution in [0.15, 0.2) is 29.9 Å². The van der Waals surface area contributed by atoms with E-state index in [1.54, 1.807) is 24.5 Å². The van der Waals surface area contributed by atoms with Crippen molar-refractivity contribution in [1.29, 1.82) is 0 Å². The van der Waals surface area contributed by atoms with Crippen LogP contribution in [0.25, 0.3) is 0 Å². The van der Waals surface area contributed by atoms with Gasteiger partial charge in [-0.2, -0.15) is 0 Å². The highest BCUT2D eigenvalue weighted by molar-refractivity contribution is 7.13. The molecule has 2 aromatic rings. The van der Waals surface area contributed by atoms with Gasteiger partial charge in [-0.15, -0.1) is 11.3 Å². The van der Waals surface area contributed by atoms with E-state index >= 15 is 0 Å². The zero-order chi connectivity index (χ0) is 16.2. The second kappa shape index (κ2) is 7.19. The quantitative estimate of drug-likeness (QED) is 0.935. The minimum absolute atomic E-state index is 0.145. The van der Waals surface area contributed by atoms with Crippen molar-refractivity contribution in [1.82, 2.24) is 14.9 Å². The Kier molecular flexibility index (Phi) is 5.03. The van der Waals surface area contributed by atoms with Gasteiger partial charge in [0.25, 0.3) is 5.91 Å². The number of hydrogen-bond donors (Lipinski definition) is 1. The molecule has 122 valence electrons. The summed E-state index contributed by atoms with van der Waals surface area (Å²) in [6, 6.07) is 3.39. The molecule has 1 fully saturated rings. The van der Waals surface area contributed by atoms with Crippen molar-refractivity contribution in [3.05, 3.63) is 41.2 Å². The van der Waals surface area contributed by atoms with E-state index in [9.17, 15) is 4.79 Å². The Labute approximate surface area is 140 Å². The third-order valence-corrected chi connectivity index (χ3v) is 4.85. The van der Waals surface area contributed by atoms with Crippen molar-refractivity contribution in [2.24, 2.45) is 11.8 Å². The van der Waals surface area contributed by atoms with E-state index in [4.69, 9.17) is 0 Å². The first-order chi connectivity index (χ1) is 11.1. The standard InChI is InChI=1S/C17H22N4OS/c1-12-7-13(2)9-21(8-12)10-15-11-23-17(19-15)20-16(22)14-3-5-18-6-4-14/h3-6,11-13H,7-10H2,1-2H3,(H,19,20,22). The zero-order valence-electron chi connectivity index (χ0n) is 13.5. The number of aromatic nitrogens is 2. The topological polar surface area (TPSA) is 58.1 Å². The molecule has 1 aliphatic heterocycles. The van der Waals surface area contributed by atoms with Crippen molar-refractivity contribution in [3.8, 4) is 0 Å². The fourth-order valence-electron chi connectivity index (χ4n) is 3.26. The summed E-state index contributed by atoms with van der Waals surface area (Å²) >= 11 is 1.48. The van der Waals surface area contributed by atoms with Gasteiger partial charge in [-0.3, -0.25) is 20.0 Å². The van der Waals surface area contributed by atoms with E-state index in [1.165, 1.54) is 17.8 Å². The van der Waals surface area contributed by atoms with Crippen molar-refractivity contribution in [3.63, 3.8) is 0 Å². The van der Waals surface area contributed by atoms with Crippen LogP contribution in [0.3, 0.4) is 0 Å². The number of piperidine rings is 1. The Morgan fingerprint density at radius 1 is 1.30 bits per heavy atom. The van der Waals surface area contributed by atoms with Gasteiger partial charge < -0.3 is 0 Å². The van der Waals surface area contributed by atoms with Crippen LogP contribution in [-0.4, -0.2) is 33.9 Å². The number of rotatable bonds is 4. The number of carbonyl (C=O) groups excluding carboxylic acids is 1. The Morgan fingerprint density at radius 3 is 2.70 bits per heavy atom. The number of thiazole rings is 1. The Morgan fingerprint density at radius 2 is 2.00 bits per heavy atom. The normalized spacial score (nSPS) is 22.0. The zero-order valence-corrected chi connectivity index (χ0v) is 14.3. The molecule has 0 saturated carbocycles. The van der Waals surface area contributed by atoms with Crippen LogP contribution in [0.5, 0.6) is 0 Å². The maximum Gasteiger partial charge on any atom is 0.257 e. The first kappa shape index (κ1) is 16.1. The van der Waals surface area contributed by atoms with E-state index in [-0.39, 0.29) is 5.91 Å². The van der Waals surface area contributed by atoms with Crippen molar-refractivity contribution >= 4 is 22.4 Å². The van der Waals surface area contributed by atoms with Crippen LogP contribution in [0.2, 0.25) is 0 Å². The lowest BCUT2D eigenvalue weighted by molar-refractivity contribution is 0.102. The second-order valence-electron chi connectivity index (χ2n) is 6.47. The molecule has 2 aromatic heterocycles. The van der Waals surface area contributed by atoms with Crippen LogP contribution in [0.1, 0.15) is 36.3 Å². The lowest BCUT2D eigenvalue weighted by Crippen LogP contribution is -2.38. The van der Waals surface area contributed by atoms with Crippen LogP contribution in [0.4, 0.5) is 5.13 Å². The molecule has 2 unspecified atom stereocenters. The van der Waals surface area contributed by atoms with Gasteiger partial charge in [0.05, 0.1) is 5.69 Å². The molecule has 5 nitrogen and oxygen atoms in total. The molecule has 0 radical (unpaired) electrons. The smallest absolute Gasteiger partial charge is 0.257 e. The highest BCUT2D eigenvalue weighted by atomic mass is 32.1. The Bertz CT molecular complexity index is 648. The molecule has 3 rings (SSSR count). The predicted molar refractivity (Wildman–Crippen MR) is 92.5 cm³/mol. The maximum atomic E-state index is 12.1. The highest BCUT2D eigenvalue weighted by Gasteiger charge is 2.22. The van der Waals surface area contributed by atoms with Gasteiger partial charge in [0.2, 0.25) is 0 Å². The monoisotopic (exact) mass is 330 g/mol. The molecule has 0 spiro atoms. The number of nitrogens with zero attached hydrogens (tertiary/aromatic N) is 3. The summed E-state index contributed by atoms with van der Waals surface area (Å²) in [5.74, 6) is 1.33. The largest absolute Gasteiger partial charge is 0.298 e. The number of anilines is 1. The van der Waals surface area contributed by atoms with E-state index in [1.807, 2.05) is 5.38 Å². The second-order valence-corrected chi connectivity index (χ2v) is 7.33. The molecule has 6 heteroatoms. The molecule has 1 aliphatic rings. The molecule has 0 aliphatic carbocycles. The molecular formula is C17H22N4OS. The maximum absolute atomic E-state index is 12.1. The van der Waals surface area contributed by atoms with Crippen molar-refractivity contribution in [2.45, 2.75) is 26.8 Å². The van der Waals surface area contributed by atoms with Gasteiger partial charge in [0.1, 0.15) is 0 Å². The van der Waals surface area contributed by atoms with Crippen LogP contribution >= 0.6 is 11.3 Å². The number of carbonyl (C=O) groups is 1. The fourth-order valence-corrected chi connectivity index (χ4v) is 3.96. The Balaban J connectivity index is 1.59. The molecule has 0 aromatic carbocycles. The highest BCUT2D eigenvalue weighted by Crippen LogP contribution is 2.24. The first-order valence-electron chi connectivity index (χ1n) is 7.98. The van der Waals surface area contributed by atoms with Gasteiger partial charge in [-0.05, 0) is 30.4 Å². The lowest BCUT2D eigenvalue weighted by Gasteiger charge is -2.34. The number of pyridine rings is 1. The average molecular weight is 330 g/mol. The van der Waals surface area contributed by atoms with Gasteiger partial charge in [0.15, 0.2) is 5.13 Å². The molecule has 2 atom stereocenters. The molecular weight excluding hydrogens is 308 g/mol. The van der Waals surface area contributed by atoms with Gasteiger partial charge >= 0.3 is 0 Å².